The molecule has 0 radical (unpaired) electrons. The summed E-state index contributed by atoms with van der Waals surface area (Å²) in [7, 11) is 1.68. The maximum Gasteiger partial charge on any atom is 0.249 e. The molecule has 0 saturated carbocycles. The Morgan fingerprint density at radius 1 is 1.09 bits per heavy atom. The second-order valence-electron chi connectivity index (χ2n) is 8.16. The van der Waals surface area contributed by atoms with Crippen molar-refractivity contribution in [1.29, 1.82) is 5.41 Å². The quantitative estimate of drug-likeness (QED) is 0.196. The highest BCUT2D eigenvalue weighted by molar-refractivity contribution is 6.13. The number of nitrogens with zero attached hydrogens (tertiary/aromatic N) is 1. The van der Waals surface area contributed by atoms with Crippen LogP contribution in [0.25, 0.3) is 27.9 Å². The summed E-state index contributed by atoms with van der Waals surface area (Å²) in [5.74, 6) is -0.261. The lowest BCUT2D eigenvalue weighted by Crippen LogP contribution is -2.15. The van der Waals surface area contributed by atoms with E-state index in [2.05, 4.69) is 26.7 Å². The standard InChI is InChI=1S/C26H24N6O2/c1-29-23(26-31-20-10-16-12-30-13-17(16)11-21(20)32-26)24(33)22(27)15-8-6-14(7-9-15)18-4-2-3-5-19(18)25(28)34/h2-11,27,29-30,33H,12-13H2,1H3,(H2,28,34)(H,31,32)/b24-23+,27-22?. The Morgan fingerprint density at radius 3 is 2.50 bits per heavy atom. The summed E-state index contributed by atoms with van der Waals surface area (Å²) in [6.07, 6.45) is 0. The van der Waals surface area contributed by atoms with E-state index in [1.165, 1.54) is 11.1 Å². The number of primary amides is 1. The normalized spacial score (nSPS) is 13.4. The number of nitrogens with two attached hydrogens (primary N) is 1. The lowest BCUT2D eigenvalue weighted by Gasteiger charge is -2.11. The minimum Gasteiger partial charge on any atom is -0.504 e. The van der Waals surface area contributed by atoms with E-state index < -0.39 is 5.91 Å². The average Bonchev–Trinajstić information content (AvgIpc) is 3.48. The van der Waals surface area contributed by atoms with Crippen LogP contribution in [0.5, 0.6) is 0 Å². The van der Waals surface area contributed by atoms with Gasteiger partial charge in [0.2, 0.25) is 5.91 Å². The molecule has 8 heteroatoms. The number of aromatic nitrogens is 2. The molecule has 8 nitrogen and oxygen atoms in total. The molecule has 0 aliphatic carbocycles. The Morgan fingerprint density at radius 2 is 1.79 bits per heavy atom. The zero-order valence-corrected chi connectivity index (χ0v) is 18.6. The molecule has 1 aliphatic rings. The molecular formula is C26H24N6O2. The van der Waals surface area contributed by atoms with Gasteiger partial charge in [0.25, 0.3) is 0 Å². The fourth-order valence-corrected chi connectivity index (χ4v) is 4.30. The van der Waals surface area contributed by atoms with Gasteiger partial charge in [0.15, 0.2) is 11.6 Å². The molecule has 0 atom stereocenters. The van der Waals surface area contributed by atoms with E-state index in [1.807, 2.05) is 18.2 Å². The van der Waals surface area contributed by atoms with Gasteiger partial charge >= 0.3 is 0 Å². The van der Waals surface area contributed by atoms with Crippen molar-refractivity contribution < 1.29 is 9.90 Å². The lowest BCUT2D eigenvalue weighted by atomic mass is 9.97. The predicted molar refractivity (Wildman–Crippen MR) is 132 cm³/mol. The number of aliphatic hydroxyl groups is 1. The Hall–Kier alpha value is -4.43. The Bertz CT molecular complexity index is 1430. The SMILES string of the molecule is CN/C(=C(/O)C(=N)c1ccc(-c2ccccc2C(N)=O)cc1)c1nc2cc3c(cc2[nH]1)CNC3. The number of fused-ring (bicyclic) bond motifs is 2. The number of aliphatic hydroxyl groups excluding tert-OH is 1. The van der Waals surface area contributed by atoms with Crippen LogP contribution in [0.15, 0.2) is 66.4 Å². The van der Waals surface area contributed by atoms with Crippen LogP contribution in [0.3, 0.4) is 0 Å². The molecule has 1 amide bonds. The Labute approximate surface area is 196 Å². The first-order valence-corrected chi connectivity index (χ1v) is 10.9. The van der Waals surface area contributed by atoms with E-state index in [0.29, 0.717) is 28.2 Å². The average molecular weight is 453 g/mol. The van der Waals surface area contributed by atoms with Gasteiger partial charge in [-0.05, 0) is 40.5 Å². The van der Waals surface area contributed by atoms with E-state index in [1.54, 1.807) is 43.4 Å². The maximum absolute atomic E-state index is 11.8. The highest BCUT2D eigenvalue weighted by Gasteiger charge is 2.19. The summed E-state index contributed by atoms with van der Waals surface area (Å²) < 4.78 is 0. The summed E-state index contributed by atoms with van der Waals surface area (Å²) in [4.78, 5) is 19.6. The fourth-order valence-electron chi connectivity index (χ4n) is 4.30. The fraction of sp³-hybridized carbons (Fsp3) is 0.115. The van der Waals surface area contributed by atoms with Crippen molar-refractivity contribution in [2.45, 2.75) is 13.1 Å². The smallest absolute Gasteiger partial charge is 0.249 e. The van der Waals surface area contributed by atoms with Crippen LogP contribution in [0, 0.1) is 5.41 Å². The number of carbonyl (C=O) groups is 1. The van der Waals surface area contributed by atoms with Gasteiger partial charge in [-0.2, -0.15) is 0 Å². The van der Waals surface area contributed by atoms with Crippen molar-refractivity contribution in [3.63, 3.8) is 0 Å². The Balaban J connectivity index is 1.47. The topological polar surface area (TPSA) is 140 Å². The number of aromatic amines is 1. The molecule has 4 aromatic rings. The number of nitrogens with one attached hydrogen (secondary N) is 4. The molecular weight excluding hydrogens is 428 g/mol. The van der Waals surface area contributed by atoms with Gasteiger partial charge in [0.05, 0.1) is 11.0 Å². The first kappa shape index (κ1) is 21.4. The molecule has 1 aromatic heterocycles. The predicted octanol–water partition coefficient (Wildman–Crippen LogP) is 3.45. The number of hydrogen-bond donors (Lipinski definition) is 6. The van der Waals surface area contributed by atoms with Crippen LogP contribution < -0.4 is 16.4 Å². The van der Waals surface area contributed by atoms with Gasteiger partial charge in [-0.1, -0.05) is 42.5 Å². The van der Waals surface area contributed by atoms with E-state index in [-0.39, 0.29) is 11.5 Å². The number of hydrogen-bond acceptors (Lipinski definition) is 6. The number of allylic oxidation sites excluding steroid dienone is 1. The summed E-state index contributed by atoms with van der Waals surface area (Å²) in [6, 6.07) is 18.3. The highest BCUT2D eigenvalue weighted by atomic mass is 16.3. The summed E-state index contributed by atoms with van der Waals surface area (Å²) in [6.45, 7) is 1.64. The summed E-state index contributed by atoms with van der Waals surface area (Å²) in [5.41, 5.74) is 12.4. The van der Waals surface area contributed by atoms with Crippen molar-refractivity contribution in [2.24, 2.45) is 5.73 Å². The van der Waals surface area contributed by atoms with E-state index >= 15 is 0 Å². The van der Waals surface area contributed by atoms with Crippen LogP contribution in [-0.2, 0) is 13.1 Å². The minimum absolute atomic E-state index is 0.0498. The molecule has 0 saturated heterocycles. The van der Waals surface area contributed by atoms with Gasteiger partial charge in [0, 0.05) is 31.3 Å². The maximum atomic E-state index is 11.8. The molecule has 2 heterocycles. The number of benzene rings is 3. The number of imidazole rings is 1. The summed E-state index contributed by atoms with van der Waals surface area (Å²) >= 11 is 0. The molecule has 0 spiro atoms. The zero-order chi connectivity index (χ0) is 23.8. The van der Waals surface area contributed by atoms with Gasteiger partial charge < -0.3 is 26.5 Å². The highest BCUT2D eigenvalue weighted by Crippen LogP contribution is 2.26. The van der Waals surface area contributed by atoms with Crippen molar-refractivity contribution in [3.05, 3.63) is 94.5 Å². The molecule has 170 valence electrons. The summed E-state index contributed by atoms with van der Waals surface area (Å²) in [5, 5.41) is 25.8. The zero-order valence-electron chi connectivity index (χ0n) is 18.6. The van der Waals surface area contributed by atoms with Crippen LogP contribution in [0.2, 0.25) is 0 Å². The Kier molecular flexibility index (Phi) is 5.35. The third-order valence-electron chi connectivity index (χ3n) is 6.07. The van der Waals surface area contributed by atoms with Crippen molar-refractivity contribution >= 4 is 28.3 Å². The molecule has 1 aliphatic heterocycles. The van der Waals surface area contributed by atoms with E-state index in [4.69, 9.17) is 11.1 Å². The molecule has 7 N–H and O–H groups in total. The van der Waals surface area contributed by atoms with E-state index in [0.717, 1.165) is 29.7 Å². The van der Waals surface area contributed by atoms with Crippen LogP contribution in [0.4, 0.5) is 0 Å². The molecule has 0 fully saturated rings. The van der Waals surface area contributed by atoms with Crippen molar-refractivity contribution in [2.75, 3.05) is 7.05 Å². The minimum atomic E-state index is -0.501. The van der Waals surface area contributed by atoms with Crippen LogP contribution >= 0.6 is 0 Å². The van der Waals surface area contributed by atoms with Gasteiger partial charge in [-0.25, -0.2) is 4.98 Å². The number of H-pyrrole nitrogens is 1. The third-order valence-corrected chi connectivity index (χ3v) is 6.07. The molecule has 0 bridgehead atoms. The first-order valence-electron chi connectivity index (χ1n) is 10.9. The first-order chi connectivity index (χ1) is 16.5. The molecule has 5 rings (SSSR count). The number of rotatable bonds is 6. The molecule has 34 heavy (non-hydrogen) atoms. The molecule has 0 unspecified atom stereocenters. The van der Waals surface area contributed by atoms with Gasteiger partial charge in [-0.15, -0.1) is 0 Å². The molecule has 3 aromatic carbocycles. The van der Waals surface area contributed by atoms with Crippen molar-refractivity contribution in [1.82, 2.24) is 20.6 Å². The monoisotopic (exact) mass is 452 g/mol. The van der Waals surface area contributed by atoms with Gasteiger partial charge in [-0.3, -0.25) is 10.2 Å². The third kappa shape index (κ3) is 3.70. The second-order valence-corrected chi connectivity index (χ2v) is 8.16. The van der Waals surface area contributed by atoms with Crippen molar-refractivity contribution in [3.8, 4) is 11.1 Å². The lowest BCUT2D eigenvalue weighted by molar-refractivity contribution is 0.100. The number of amides is 1. The largest absolute Gasteiger partial charge is 0.504 e. The van der Waals surface area contributed by atoms with Crippen LogP contribution in [0.1, 0.15) is 32.9 Å². The van der Waals surface area contributed by atoms with E-state index in [9.17, 15) is 9.90 Å². The second kappa shape index (κ2) is 8.49. The van der Waals surface area contributed by atoms with Crippen LogP contribution in [-0.4, -0.2) is 33.7 Å². The van der Waals surface area contributed by atoms with Gasteiger partial charge in [0.1, 0.15) is 11.4 Å². The number of carbonyl (C=O) groups excluding carboxylic acids is 1.